The summed E-state index contributed by atoms with van der Waals surface area (Å²) in [6.45, 7) is 2.60. The molecule has 2 aromatic carbocycles. The predicted octanol–water partition coefficient (Wildman–Crippen LogP) is 4.13. The molecule has 0 unspecified atom stereocenters. The minimum atomic E-state index is -0.357. The first kappa shape index (κ1) is 15.4. The monoisotopic (exact) mass is 330 g/mol. The van der Waals surface area contributed by atoms with E-state index in [1.54, 1.807) is 0 Å². The molecule has 118 valence electrons. The number of nitrogens with one attached hydrogen (secondary N) is 1. The molecule has 0 saturated heterocycles. The van der Waals surface area contributed by atoms with Crippen LogP contribution in [0.5, 0.6) is 5.75 Å². The number of hydrogen-bond donors (Lipinski definition) is 1. The quantitative estimate of drug-likeness (QED) is 0.691. The molecule has 0 spiro atoms. The summed E-state index contributed by atoms with van der Waals surface area (Å²) in [6.07, 6.45) is 0. The number of benzene rings is 2. The third-order valence-electron chi connectivity index (χ3n) is 3.25. The summed E-state index contributed by atoms with van der Waals surface area (Å²) in [5, 5.41) is 3.68. The summed E-state index contributed by atoms with van der Waals surface area (Å²) >= 11 is 1.46. The first-order valence-electron chi connectivity index (χ1n) is 7.22. The Labute approximate surface area is 136 Å². The second-order valence-electron chi connectivity index (χ2n) is 4.84. The Morgan fingerprint density at radius 3 is 2.78 bits per heavy atom. The Morgan fingerprint density at radius 1 is 1.26 bits per heavy atom. The lowest BCUT2D eigenvalue weighted by Crippen LogP contribution is -2.13. The van der Waals surface area contributed by atoms with Crippen LogP contribution in [0, 0.1) is 5.82 Å². The van der Waals surface area contributed by atoms with Gasteiger partial charge in [0, 0.05) is 5.56 Å². The van der Waals surface area contributed by atoms with E-state index in [9.17, 15) is 9.18 Å². The molecule has 4 nitrogen and oxygen atoms in total. The zero-order valence-electron chi connectivity index (χ0n) is 12.5. The normalized spacial score (nSPS) is 10.7. The number of fused-ring (bicyclic) bond motifs is 1. The van der Waals surface area contributed by atoms with Crippen molar-refractivity contribution < 1.29 is 13.9 Å². The van der Waals surface area contributed by atoms with Gasteiger partial charge in [-0.05, 0) is 43.3 Å². The van der Waals surface area contributed by atoms with Gasteiger partial charge in [0.15, 0.2) is 10.9 Å². The summed E-state index contributed by atoms with van der Waals surface area (Å²) in [5.41, 5.74) is 1.26. The first-order chi connectivity index (χ1) is 11.2. The van der Waals surface area contributed by atoms with Gasteiger partial charge in [0.2, 0.25) is 0 Å². The van der Waals surface area contributed by atoms with E-state index in [0.717, 1.165) is 16.0 Å². The largest absolute Gasteiger partial charge is 0.492 e. The highest BCUT2D eigenvalue weighted by Crippen LogP contribution is 2.32. The lowest BCUT2D eigenvalue weighted by atomic mass is 10.1. The van der Waals surface area contributed by atoms with Gasteiger partial charge in [0.25, 0.3) is 0 Å². The van der Waals surface area contributed by atoms with Crippen molar-refractivity contribution in [2.24, 2.45) is 0 Å². The van der Waals surface area contributed by atoms with Crippen LogP contribution in [-0.4, -0.2) is 23.9 Å². The molecule has 0 aliphatic heterocycles. The van der Waals surface area contributed by atoms with E-state index in [1.807, 2.05) is 25.1 Å². The maximum absolute atomic E-state index is 12.9. The van der Waals surface area contributed by atoms with Crippen LogP contribution >= 0.6 is 11.3 Å². The van der Waals surface area contributed by atoms with Crippen molar-refractivity contribution in [1.82, 2.24) is 4.98 Å². The molecule has 1 aromatic heterocycles. The fraction of sp³-hybridized carbons (Fsp3) is 0.176. The summed E-state index contributed by atoms with van der Waals surface area (Å²) in [5.74, 6) is 0.262. The molecule has 1 heterocycles. The van der Waals surface area contributed by atoms with Crippen LogP contribution in [-0.2, 0) is 0 Å². The van der Waals surface area contributed by atoms with Crippen LogP contribution in [0.25, 0.3) is 10.2 Å². The van der Waals surface area contributed by atoms with Crippen molar-refractivity contribution in [1.29, 1.82) is 0 Å². The maximum Gasteiger partial charge on any atom is 0.184 e. The highest BCUT2D eigenvalue weighted by molar-refractivity contribution is 7.22. The SMILES string of the molecule is CCOc1cccc2sc(NCC(=O)c3ccc(F)cc3)nc12. The zero-order chi connectivity index (χ0) is 16.2. The van der Waals surface area contributed by atoms with Crippen molar-refractivity contribution in [2.75, 3.05) is 18.5 Å². The fourth-order valence-electron chi connectivity index (χ4n) is 2.16. The predicted molar refractivity (Wildman–Crippen MR) is 90.0 cm³/mol. The number of carbonyl (C=O) groups is 1. The van der Waals surface area contributed by atoms with E-state index in [4.69, 9.17) is 4.74 Å². The highest BCUT2D eigenvalue weighted by atomic mass is 32.1. The number of para-hydroxylation sites is 1. The number of anilines is 1. The summed E-state index contributed by atoms with van der Waals surface area (Å²) in [6, 6.07) is 11.3. The molecule has 6 heteroatoms. The topological polar surface area (TPSA) is 51.2 Å². The Morgan fingerprint density at radius 2 is 2.04 bits per heavy atom. The molecular formula is C17H15FN2O2S. The molecule has 0 aliphatic rings. The number of Topliss-reactive ketones (excluding diaryl/α,β-unsaturated/α-hetero) is 1. The smallest absolute Gasteiger partial charge is 0.184 e. The molecule has 0 saturated carbocycles. The van der Waals surface area contributed by atoms with E-state index in [2.05, 4.69) is 10.3 Å². The molecule has 3 aromatic rings. The van der Waals surface area contributed by atoms with Crippen LogP contribution < -0.4 is 10.1 Å². The number of hydrogen-bond acceptors (Lipinski definition) is 5. The number of carbonyl (C=O) groups excluding carboxylic acids is 1. The Balaban J connectivity index is 1.73. The van der Waals surface area contributed by atoms with Crippen LogP contribution in [0.3, 0.4) is 0 Å². The molecule has 3 rings (SSSR count). The Bertz CT molecular complexity index is 830. The number of thiazole rings is 1. The molecule has 23 heavy (non-hydrogen) atoms. The molecule has 0 bridgehead atoms. The van der Waals surface area contributed by atoms with Crippen LogP contribution in [0.1, 0.15) is 17.3 Å². The number of rotatable bonds is 6. The Hall–Kier alpha value is -2.47. The second-order valence-corrected chi connectivity index (χ2v) is 5.87. The van der Waals surface area contributed by atoms with Gasteiger partial charge < -0.3 is 10.1 Å². The maximum atomic E-state index is 12.9. The van der Waals surface area contributed by atoms with Crippen molar-refractivity contribution >= 4 is 32.5 Å². The van der Waals surface area contributed by atoms with E-state index in [0.29, 0.717) is 17.3 Å². The van der Waals surface area contributed by atoms with Crippen molar-refractivity contribution in [3.05, 3.63) is 53.8 Å². The van der Waals surface area contributed by atoms with Gasteiger partial charge in [0.1, 0.15) is 17.1 Å². The molecule has 0 amide bonds. The summed E-state index contributed by atoms with van der Waals surface area (Å²) in [7, 11) is 0. The average molecular weight is 330 g/mol. The van der Waals surface area contributed by atoms with Crippen LogP contribution in [0.2, 0.25) is 0 Å². The lowest BCUT2D eigenvalue weighted by Gasteiger charge is -2.03. The molecule has 0 radical (unpaired) electrons. The first-order valence-corrected chi connectivity index (χ1v) is 8.04. The Kier molecular flexibility index (Phi) is 4.52. The molecular weight excluding hydrogens is 315 g/mol. The van der Waals surface area contributed by atoms with Crippen molar-refractivity contribution in [3.63, 3.8) is 0 Å². The van der Waals surface area contributed by atoms with Crippen molar-refractivity contribution in [2.45, 2.75) is 6.92 Å². The van der Waals surface area contributed by atoms with Gasteiger partial charge >= 0.3 is 0 Å². The zero-order valence-corrected chi connectivity index (χ0v) is 13.3. The molecule has 0 fully saturated rings. The lowest BCUT2D eigenvalue weighted by molar-refractivity contribution is 0.101. The minimum Gasteiger partial charge on any atom is -0.492 e. The van der Waals surface area contributed by atoms with E-state index in [-0.39, 0.29) is 18.1 Å². The third-order valence-corrected chi connectivity index (χ3v) is 4.23. The standard InChI is InChI=1S/C17H15FN2O2S/c1-2-22-14-4-3-5-15-16(14)20-17(23-15)19-10-13(21)11-6-8-12(18)9-7-11/h3-9H,2,10H2,1H3,(H,19,20). The fourth-order valence-corrected chi connectivity index (χ4v) is 3.04. The second kappa shape index (κ2) is 6.75. The van der Waals surface area contributed by atoms with E-state index >= 15 is 0 Å². The van der Waals surface area contributed by atoms with E-state index < -0.39 is 0 Å². The number of aromatic nitrogens is 1. The van der Waals surface area contributed by atoms with Gasteiger partial charge in [-0.2, -0.15) is 0 Å². The molecule has 0 aliphatic carbocycles. The summed E-state index contributed by atoms with van der Waals surface area (Å²) in [4.78, 5) is 16.6. The average Bonchev–Trinajstić information content (AvgIpc) is 2.98. The van der Waals surface area contributed by atoms with Crippen molar-refractivity contribution in [3.8, 4) is 5.75 Å². The highest BCUT2D eigenvalue weighted by Gasteiger charge is 2.11. The van der Waals surface area contributed by atoms with Gasteiger partial charge in [-0.3, -0.25) is 4.79 Å². The number of halogens is 1. The van der Waals surface area contributed by atoms with Crippen LogP contribution in [0.15, 0.2) is 42.5 Å². The summed E-state index contributed by atoms with van der Waals surface area (Å²) < 4.78 is 19.4. The van der Waals surface area contributed by atoms with E-state index in [1.165, 1.54) is 35.6 Å². The van der Waals surface area contributed by atoms with Gasteiger partial charge in [-0.15, -0.1) is 0 Å². The van der Waals surface area contributed by atoms with Gasteiger partial charge in [-0.1, -0.05) is 17.4 Å². The minimum absolute atomic E-state index is 0.107. The van der Waals surface area contributed by atoms with Crippen LogP contribution in [0.4, 0.5) is 9.52 Å². The number of ketones is 1. The molecule has 1 N–H and O–H groups in total. The number of ether oxygens (including phenoxy) is 1. The van der Waals surface area contributed by atoms with Gasteiger partial charge in [-0.25, -0.2) is 9.37 Å². The number of nitrogens with zero attached hydrogens (tertiary/aromatic N) is 1. The van der Waals surface area contributed by atoms with Gasteiger partial charge in [0.05, 0.1) is 17.9 Å². The third kappa shape index (κ3) is 3.48. The molecule has 0 atom stereocenters.